The number of allylic oxidation sites excluding steroid dienone is 1. The summed E-state index contributed by atoms with van der Waals surface area (Å²) in [6.45, 7) is -0.409. The van der Waals surface area contributed by atoms with Crippen molar-refractivity contribution in [1.82, 2.24) is 5.32 Å². The Bertz CT molecular complexity index is 1340. The van der Waals surface area contributed by atoms with Crippen molar-refractivity contribution in [1.29, 1.82) is 0 Å². The Morgan fingerprint density at radius 2 is 1.52 bits per heavy atom. The lowest BCUT2D eigenvalue weighted by molar-refractivity contribution is -0.140. The van der Waals surface area contributed by atoms with Crippen LogP contribution in [0, 0.1) is 5.92 Å². The molecule has 0 heterocycles. The molecule has 2 aromatic rings. The smallest absolute Gasteiger partial charge is 0.347 e. The van der Waals surface area contributed by atoms with Gasteiger partial charge in [0, 0.05) is 41.0 Å². The molecule has 16 heteroatoms. The molecule has 0 aliphatic rings. The molecule has 3 nitrogen and oxygen atoms in total. The number of alkyl halides is 11. The number of halogens is 13. The second-order valence-electron chi connectivity index (χ2n) is 9.31. The second kappa shape index (κ2) is 12.6. The molecule has 0 aromatic heterocycles. The van der Waals surface area contributed by atoms with Gasteiger partial charge in [-0.3, -0.25) is 9.59 Å². The largest absolute Gasteiger partial charge is 0.417 e. The maximum absolute atomic E-state index is 15.0. The number of hydrogen-bond donors (Lipinski definition) is 1. The van der Waals surface area contributed by atoms with E-state index in [4.69, 9.17) is 11.6 Å². The molecule has 0 aliphatic heterocycles. The minimum absolute atomic E-state index is 0.0322. The Morgan fingerprint density at radius 3 is 2.02 bits per heavy atom. The van der Waals surface area contributed by atoms with E-state index in [1.165, 1.54) is 5.32 Å². The van der Waals surface area contributed by atoms with Crippen molar-refractivity contribution in [3.8, 4) is 0 Å². The summed E-state index contributed by atoms with van der Waals surface area (Å²) in [7, 11) is 0. The molecule has 0 aliphatic carbocycles. The van der Waals surface area contributed by atoms with Crippen molar-refractivity contribution in [2.45, 2.75) is 50.6 Å². The summed E-state index contributed by atoms with van der Waals surface area (Å²) in [5.41, 5.74) is -5.84. The van der Waals surface area contributed by atoms with Gasteiger partial charge >= 0.3 is 18.5 Å². The average Bonchev–Trinajstić information content (AvgIpc) is 2.82. The molecule has 0 radical (unpaired) electrons. The van der Waals surface area contributed by atoms with Gasteiger partial charge in [-0.15, -0.1) is 0 Å². The van der Waals surface area contributed by atoms with Gasteiger partial charge in [0.25, 0.3) is 5.92 Å². The quantitative estimate of drug-likeness (QED) is 0.219. The molecule has 2 rings (SSSR count). The van der Waals surface area contributed by atoms with Crippen molar-refractivity contribution in [3.05, 3.63) is 75.3 Å². The summed E-state index contributed by atoms with van der Waals surface area (Å²) in [5.74, 6) is -12.6. The SMILES string of the molecule is C[C@@H](CC(=O)c1ccc(/C(F)=C/C(c2cc(Cl)cc(C(C)(F)F)c2)C(F)(F)F)cc1C(F)(F)F)C(=O)NCC(F)(F)F. The van der Waals surface area contributed by atoms with Gasteiger partial charge in [-0.25, -0.2) is 13.2 Å². The molecule has 0 spiro atoms. The van der Waals surface area contributed by atoms with Gasteiger partial charge in [-0.2, -0.15) is 39.5 Å². The maximum Gasteiger partial charge on any atom is 0.417 e. The first kappa shape index (κ1) is 35.0. The van der Waals surface area contributed by atoms with Crippen LogP contribution in [0.3, 0.4) is 0 Å². The van der Waals surface area contributed by atoms with Crippen LogP contribution in [-0.4, -0.2) is 30.6 Å². The lowest BCUT2D eigenvalue weighted by Crippen LogP contribution is -2.37. The average molecular weight is 642 g/mol. The molecular formula is C26H20ClF12NO2. The van der Waals surface area contributed by atoms with Crippen LogP contribution in [-0.2, 0) is 16.9 Å². The monoisotopic (exact) mass is 641 g/mol. The lowest BCUT2D eigenvalue weighted by Gasteiger charge is -2.21. The van der Waals surface area contributed by atoms with E-state index in [9.17, 15) is 57.9 Å². The Morgan fingerprint density at radius 1 is 0.929 bits per heavy atom. The minimum atomic E-state index is -5.36. The topological polar surface area (TPSA) is 46.2 Å². The van der Waals surface area contributed by atoms with Crippen LogP contribution in [0.1, 0.15) is 58.8 Å². The number of amides is 1. The van der Waals surface area contributed by atoms with E-state index in [-0.39, 0.29) is 12.1 Å². The zero-order valence-electron chi connectivity index (χ0n) is 21.3. The van der Waals surface area contributed by atoms with E-state index < -0.39 is 99.6 Å². The number of carbonyl (C=O) groups excluding carboxylic acids is 2. The van der Waals surface area contributed by atoms with Crippen molar-refractivity contribution in [3.63, 3.8) is 0 Å². The van der Waals surface area contributed by atoms with Crippen LogP contribution in [0.5, 0.6) is 0 Å². The van der Waals surface area contributed by atoms with Crippen molar-refractivity contribution >= 4 is 29.1 Å². The summed E-state index contributed by atoms with van der Waals surface area (Å²) in [4.78, 5) is 24.3. The summed E-state index contributed by atoms with van der Waals surface area (Å²) < 4.78 is 162. The molecule has 1 unspecified atom stereocenters. The summed E-state index contributed by atoms with van der Waals surface area (Å²) in [5, 5.41) is 0.924. The zero-order valence-corrected chi connectivity index (χ0v) is 22.1. The second-order valence-corrected chi connectivity index (χ2v) is 9.75. The van der Waals surface area contributed by atoms with Crippen LogP contribution in [0.15, 0.2) is 42.5 Å². The summed E-state index contributed by atoms with van der Waals surface area (Å²) >= 11 is 5.67. The Balaban J connectivity index is 2.49. The van der Waals surface area contributed by atoms with E-state index in [1.807, 2.05) is 0 Å². The number of benzene rings is 2. The van der Waals surface area contributed by atoms with Crippen LogP contribution in [0.2, 0.25) is 5.02 Å². The van der Waals surface area contributed by atoms with Crippen LogP contribution >= 0.6 is 11.6 Å². The molecule has 1 amide bonds. The molecule has 0 bridgehead atoms. The first-order chi connectivity index (χ1) is 18.9. The first-order valence-corrected chi connectivity index (χ1v) is 12.0. The Hall–Kier alpha value is -3.23. The third-order valence-electron chi connectivity index (χ3n) is 5.76. The fraction of sp³-hybridized carbons (Fsp3) is 0.385. The van der Waals surface area contributed by atoms with Gasteiger partial charge < -0.3 is 5.32 Å². The first-order valence-electron chi connectivity index (χ1n) is 11.6. The fourth-order valence-corrected chi connectivity index (χ4v) is 3.92. The molecule has 0 fully saturated rings. The number of nitrogens with one attached hydrogen (secondary N) is 1. The van der Waals surface area contributed by atoms with Crippen molar-refractivity contribution in [2.75, 3.05) is 6.54 Å². The Labute approximate surface area is 235 Å². The summed E-state index contributed by atoms with van der Waals surface area (Å²) in [6.07, 6.45) is -16.6. The number of hydrogen-bond acceptors (Lipinski definition) is 2. The number of carbonyl (C=O) groups is 2. The van der Waals surface area contributed by atoms with Gasteiger partial charge in [-0.05, 0) is 35.9 Å². The van der Waals surface area contributed by atoms with Gasteiger partial charge in [0.15, 0.2) is 5.78 Å². The standard InChI is InChI=1S/C26H20ClF12NO2/c1-12(22(42)40-11-24(31,32)33)5-21(41)17-4-3-13(8-19(17)26(37,38)39)20(28)10-18(25(34,35)36)14-6-15(23(2,29)30)9-16(27)7-14/h3-4,6-10,12,18H,5,11H2,1-2H3,(H,40,42)/b20-10-/t12-,18?/m0/s1. The fourth-order valence-electron chi connectivity index (χ4n) is 3.68. The molecule has 0 saturated carbocycles. The predicted octanol–water partition coefficient (Wildman–Crippen LogP) is 9.01. The number of rotatable bonds is 9. The van der Waals surface area contributed by atoms with Gasteiger partial charge in [0.2, 0.25) is 5.91 Å². The van der Waals surface area contributed by atoms with Crippen LogP contribution in [0.25, 0.3) is 5.83 Å². The molecule has 0 saturated heterocycles. The van der Waals surface area contributed by atoms with E-state index >= 15 is 4.39 Å². The molecular weight excluding hydrogens is 622 g/mol. The highest BCUT2D eigenvalue weighted by molar-refractivity contribution is 6.30. The molecule has 2 aromatic carbocycles. The number of Topliss-reactive ketones (excluding diaryl/α,β-unsaturated/α-hetero) is 1. The van der Waals surface area contributed by atoms with Gasteiger partial charge in [-0.1, -0.05) is 30.7 Å². The maximum atomic E-state index is 15.0. The van der Waals surface area contributed by atoms with Crippen molar-refractivity contribution in [2.24, 2.45) is 5.92 Å². The highest BCUT2D eigenvalue weighted by Gasteiger charge is 2.41. The van der Waals surface area contributed by atoms with Gasteiger partial charge in [0.05, 0.1) is 5.56 Å². The third-order valence-corrected chi connectivity index (χ3v) is 5.97. The van der Waals surface area contributed by atoms with E-state index in [2.05, 4.69) is 0 Å². The Kier molecular flexibility index (Phi) is 10.5. The minimum Gasteiger partial charge on any atom is -0.347 e. The highest BCUT2D eigenvalue weighted by atomic mass is 35.5. The lowest BCUT2D eigenvalue weighted by atomic mass is 9.92. The molecule has 2 atom stereocenters. The highest BCUT2D eigenvalue weighted by Crippen LogP contribution is 2.42. The summed E-state index contributed by atoms with van der Waals surface area (Å²) in [6, 6.07) is 2.75. The normalized spacial score (nSPS) is 14.9. The van der Waals surface area contributed by atoms with Crippen molar-refractivity contribution < 1.29 is 62.3 Å². The number of ketones is 1. The third kappa shape index (κ3) is 9.66. The molecule has 42 heavy (non-hydrogen) atoms. The van der Waals surface area contributed by atoms with Crippen LogP contribution < -0.4 is 5.32 Å². The molecule has 232 valence electrons. The molecule has 1 N–H and O–H groups in total. The van der Waals surface area contributed by atoms with E-state index in [0.717, 1.165) is 6.92 Å². The van der Waals surface area contributed by atoms with Gasteiger partial charge in [0.1, 0.15) is 18.3 Å². The van der Waals surface area contributed by atoms with Crippen LogP contribution in [0.4, 0.5) is 52.7 Å². The van der Waals surface area contributed by atoms with E-state index in [1.54, 1.807) is 0 Å². The van der Waals surface area contributed by atoms with E-state index in [0.29, 0.717) is 37.3 Å². The predicted molar refractivity (Wildman–Crippen MR) is 128 cm³/mol. The zero-order chi connectivity index (χ0) is 32.4.